The van der Waals surface area contributed by atoms with E-state index in [1.165, 1.54) is 5.56 Å². The molecule has 3 aliphatic rings. The van der Waals surface area contributed by atoms with Crippen molar-refractivity contribution in [2.75, 3.05) is 39.4 Å². The molecule has 7 heteroatoms. The second-order valence-electron chi connectivity index (χ2n) is 8.68. The van der Waals surface area contributed by atoms with Gasteiger partial charge in [0.25, 0.3) is 5.91 Å². The normalized spacial score (nSPS) is 18.9. The Kier molecular flexibility index (Phi) is 5.04. The third kappa shape index (κ3) is 3.58. The maximum Gasteiger partial charge on any atom is 0.253 e. The Balaban J connectivity index is 1.23. The molecule has 2 heterocycles. The van der Waals surface area contributed by atoms with Crippen LogP contribution in [0.1, 0.15) is 21.5 Å². The summed E-state index contributed by atoms with van der Waals surface area (Å²) >= 11 is 0. The summed E-state index contributed by atoms with van der Waals surface area (Å²) in [5.74, 6) is -0.125. The summed E-state index contributed by atoms with van der Waals surface area (Å²) in [7, 11) is 0. The van der Waals surface area contributed by atoms with Gasteiger partial charge in [-0.2, -0.15) is 5.26 Å². The van der Waals surface area contributed by atoms with E-state index in [2.05, 4.69) is 24.3 Å². The number of amides is 2. The van der Waals surface area contributed by atoms with Crippen LogP contribution in [0.4, 0.5) is 0 Å². The second kappa shape index (κ2) is 7.90. The quantitative estimate of drug-likeness (QED) is 0.804. The lowest BCUT2D eigenvalue weighted by molar-refractivity contribution is -0.155. The molecule has 0 bridgehead atoms. The lowest BCUT2D eigenvalue weighted by Gasteiger charge is -2.43. The molecule has 7 nitrogen and oxygen atoms in total. The maximum atomic E-state index is 13.0. The summed E-state index contributed by atoms with van der Waals surface area (Å²) in [6.07, 6.45) is 2.63. The molecule has 2 fully saturated rings. The molecule has 2 saturated heterocycles. The van der Waals surface area contributed by atoms with E-state index in [1.807, 2.05) is 30.3 Å². The van der Waals surface area contributed by atoms with Crippen molar-refractivity contribution in [2.24, 2.45) is 5.73 Å². The van der Waals surface area contributed by atoms with E-state index in [1.54, 1.807) is 9.80 Å². The van der Waals surface area contributed by atoms with E-state index >= 15 is 0 Å². The minimum absolute atomic E-state index is 0.0337. The van der Waals surface area contributed by atoms with E-state index < -0.39 is 5.54 Å². The fourth-order valence-corrected chi connectivity index (χ4v) is 4.45. The Morgan fingerprint density at radius 1 is 0.969 bits per heavy atom. The molecule has 0 aromatic heterocycles. The molecule has 162 valence electrons. The topological polar surface area (TPSA) is 99.7 Å². The van der Waals surface area contributed by atoms with Gasteiger partial charge >= 0.3 is 0 Å². The number of nitrogens with zero attached hydrogens (tertiary/aromatic N) is 3. The number of hydrogen-bond acceptors (Lipinski definition) is 5. The minimum Gasteiger partial charge on any atom is -0.376 e. The maximum absolute atomic E-state index is 13.0. The number of nitriles is 1. The third-order valence-corrected chi connectivity index (χ3v) is 6.46. The number of carbonyl (C=O) groups is 2. The summed E-state index contributed by atoms with van der Waals surface area (Å²) in [4.78, 5) is 29.0. The lowest BCUT2D eigenvalue weighted by atomic mass is 9.96. The first kappa shape index (κ1) is 20.4. The summed E-state index contributed by atoms with van der Waals surface area (Å²) in [5, 5.41) is 9.12. The summed E-state index contributed by atoms with van der Waals surface area (Å²) in [6.45, 7) is 2.46. The predicted octanol–water partition coefficient (Wildman–Crippen LogP) is 1.83. The largest absolute Gasteiger partial charge is 0.376 e. The number of hydrogen-bond donors (Lipinski definition) is 1. The SMILES string of the molecule is N#CC1=Cc2cc(-c3ccc(C(=O)N4CCN(C(=O)C5(N)COC5)CC4)cc3)ccc2C1. The minimum atomic E-state index is -0.897. The van der Waals surface area contributed by atoms with Crippen molar-refractivity contribution >= 4 is 17.9 Å². The first-order valence-corrected chi connectivity index (χ1v) is 10.8. The van der Waals surface area contributed by atoms with Crippen LogP contribution in [0.25, 0.3) is 17.2 Å². The molecule has 2 aromatic rings. The average molecular weight is 428 g/mol. The van der Waals surface area contributed by atoms with Crippen molar-refractivity contribution in [1.29, 1.82) is 5.26 Å². The number of ether oxygens (including phenoxy) is 1. The van der Waals surface area contributed by atoms with Gasteiger partial charge in [-0.25, -0.2) is 0 Å². The molecule has 2 amide bonds. The molecule has 2 aromatic carbocycles. The van der Waals surface area contributed by atoms with Crippen molar-refractivity contribution in [3.8, 4) is 17.2 Å². The molecule has 32 heavy (non-hydrogen) atoms. The Bertz CT molecular complexity index is 1150. The molecular formula is C25H24N4O3. The van der Waals surface area contributed by atoms with Gasteiger partial charge in [-0.3, -0.25) is 9.59 Å². The van der Waals surface area contributed by atoms with Gasteiger partial charge in [0.15, 0.2) is 0 Å². The van der Waals surface area contributed by atoms with Crippen molar-refractivity contribution in [1.82, 2.24) is 9.80 Å². The molecule has 5 rings (SSSR count). The van der Waals surface area contributed by atoms with E-state index in [0.717, 1.165) is 22.3 Å². The highest BCUT2D eigenvalue weighted by atomic mass is 16.5. The molecule has 0 atom stereocenters. The Hall–Kier alpha value is -3.47. The lowest BCUT2D eigenvalue weighted by Crippen LogP contribution is -2.68. The highest BCUT2D eigenvalue weighted by molar-refractivity contribution is 5.95. The van der Waals surface area contributed by atoms with Gasteiger partial charge < -0.3 is 20.3 Å². The van der Waals surface area contributed by atoms with Gasteiger partial charge in [0.1, 0.15) is 5.54 Å². The standard InChI is InChI=1S/C25H24N4O3/c26-14-17-11-20-5-6-21(13-22(20)12-17)18-1-3-19(4-2-18)23(30)28-7-9-29(10-8-28)24(31)25(27)15-32-16-25/h1-6,12-13H,7-11,15-16,27H2. The van der Waals surface area contributed by atoms with Crippen molar-refractivity contribution in [3.05, 3.63) is 64.7 Å². The van der Waals surface area contributed by atoms with Crippen molar-refractivity contribution < 1.29 is 14.3 Å². The zero-order chi connectivity index (χ0) is 22.3. The molecule has 2 N–H and O–H groups in total. The van der Waals surface area contributed by atoms with Crippen LogP contribution in [-0.2, 0) is 16.0 Å². The van der Waals surface area contributed by atoms with Gasteiger partial charge in [-0.15, -0.1) is 0 Å². The highest BCUT2D eigenvalue weighted by Gasteiger charge is 2.45. The predicted molar refractivity (Wildman–Crippen MR) is 119 cm³/mol. The summed E-state index contributed by atoms with van der Waals surface area (Å²) in [5.41, 5.74) is 10.9. The number of piperazine rings is 1. The van der Waals surface area contributed by atoms with Crippen molar-refractivity contribution in [3.63, 3.8) is 0 Å². The van der Waals surface area contributed by atoms with Crippen LogP contribution in [0.2, 0.25) is 0 Å². The fourth-order valence-electron chi connectivity index (χ4n) is 4.45. The zero-order valence-electron chi connectivity index (χ0n) is 17.7. The Morgan fingerprint density at radius 2 is 1.62 bits per heavy atom. The van der Waals surface area contributed by atoms with Crippen LogP contribution in [0.3, 0.4) is 0 Å². The van der Waals surface area contributed by atoms with Gasteiger partial charge in [0, 0.05) is 43.7 Å². The van der Waals surface area contributed by atoms with Gasteiger partial charge in [0.2, 0.25) is 5.91 Å². The molecular weight excluding hydrogens is 404 g/mol. The van der Waals surface area contributed by atoms with Crippen LogP contribution in [0.15, 0.2) is 48.0 Å². The second-order valence-corrected chi connectivity index (χ2v) is 8.68. The van der Waals surface area contributed by atoms with Crippen LogP contribution >= 0.6 is 0 Å². The zero-order valence-corrected chi connectivity index (χ0v) is 17.7. The average Bonchev–Trinajstić information content (AvgIpc) is 3.24. The molecule has 1 aliphatic carbocycles. The van der Waals surface area contributed by atoms with E-state index in [9.17, 15) is 9.59 Å². The molecule has 0 radical (unpaired) electrons. The first-order chi connectivity index (χ1) is 15.5. The molecule has 2 aliphatic heterocycles. The fraction of sp³-hybridized carbons (Fsp3) is 0.320. The molecule has 0 spiro atoms. The highest BCUT2D eigenvalue weighted by Crippen LogP contribution is 2.30. The van der Waals surface area contributed by atoms with Crippen LogP contribution in [-0.4, -0.2) is 66.5 Å². The third-order valence-electron chi connectivity index (χ3n) is 6.46. The number of allylic oxidation sites excluding steroid dienone is 1. The smallest absolute Gasteiger partial charge is 0.253 e. The summed E-state index contributed by atoms with van der Waals surface area (Å²) in [6, 6.07) is 16.0. The molecule has 0 saturated carbocycles. The number of nitrogens with two attached hydrogens (primary N) is 1. The Labute approximate surface area is 186 Å². The number of rotatable bonds is 3. The first-order valence-electron chi connectivity index (χ1n) is 10.8. The monoisotopic (exact) mass is 428 g/mol. The number of fused-ring (bicyclic) bond motifs is 1. The van der Waals surface area contributed by atoms with Crippen LogP contribution < -0.4 is 5.73 Å². The number of benzene rings is 2. The summed E-state index contributed by atoms with van der Waals surface area (Å²) < 4.78 is 5.09. The Morgan fingerprint density at radius 3 is 2.25 bits per heavy atom. The van der Waals surface area contributed by atoms with Gasteiger partial charge in [0.05, 0.1) is 19.3 Å². The molecule has 0 unspecified atom stereocenters. The van der Waals surface area contributed by atoms with Gasteiger partial charge in [-0.1, -0.05) is 24.3 Å². The van der Waals surface area contributed by atoms with Gasteiger partial charge in [-0.05, 0) is 46.5 Å². The van der Waals surface area contributed by atoms with E-state index in [-0.39, 0.29) is 25.0 Å². The van der Waals surface area contributed by atoms with Crippen LogP contribution in [0, 0.1) is 11.3 Å². The van der Waals surface area contributed by atoms with E-state index in [4.69, 9.17) is 15.7 Å². The van der Waals surface area contributed by atoms with Crippen molar-refractivity contribution in [2.45, 2.75) is 12.0 Å². The van der Waals surface area contributed by atoms with Crippen LogP contribution in [0.5, 0.6) is 0 Å². The number of carbonyl (C=O) groups excluding carboxylic acids is 2. The van der Waals surface area contributed by atoms with E-state index in [0.29, 0.717) is 38.2 Å².